The average molecular weight is 223 g/mol. The van der Waals surface area contributed by atoms with Gasteiger partial charge in [0.15, 0.2) is 0 Å². The summed E-state index contributed by atoms with van der Waals surface area (Å²) in [6.07, 6.45) is 1.21. The molecule has 0 atom stereocenters. The number of halogens is 1. The number of nitrogens with two attached hydrogens (primary N) is 1. The Morgan fingerprint density at radius 3 is 2.64 bits per heavy atom. The van der Waals surface area contributed by atoms with Crippen molar-refractivity contribution in [2.24, 2.45) is 5.73 Å². The highest BCUT2D eigenvalue weighted by Crippen LogP contribution is 1.96. The van der Waals surface area contributed by atoms with Gasteiger partial charge < -0.3 is 15.8 Å². The number of primary amides is 1. The maximum atomic E-state index is 11.0. The summed E-state index contributed by atoms with van der Waals surface area (Å²) in [5.41, 5.74) is 4.72. The van der Waals surface area contributed by atoms with Crippen molar-refractivity contribution in [1.82, 2.24) is 5.32 Å². The smallest absolute Gasteiger partial charge is 0.404 e. The van der Waals surface area contributed by atoms with Gasteiger partial charge in [0.25, 0.3) is 0 Å². The summed E-state index contributed by atoms with van der Waals surface area (Å²) >= 11 is 5.44. The molecular weight excluding hydrogens is 208 g/mol. The molecule has 0 saturated heterocycles. The highest BCUT2D eigenvalue weighted by Gasteiger charge is 2.00. The number of carbonyl (C=O) groups excluding carboxylic acids is 2. The summed E-state index contributed by atoms with van der Waals surface area (Å²) in [5, 5.41) is 2.58. The molecule has 5 nitrogen and oxygen atoms in total. The molecule has 0 aliphatic rings. The lowest BCUT2D eigenvalue weighted by Crippen LogP contribution is -2.28. The number of hydrogen-bond donors (Lipinski definition) is 2. The molecule has 82 valence electrons. The molecular formula is C8H15ClN2O3. The van der Waals surface area contributed by atoms with Gasteiger partial charge in [0.1, 0.15) is 6.61 Å². The van der Waals surface area contributed by atoms with Gasteiger partial charge in [-0.15, -0.1) is 11.6 Å². The number of amides is 2. The second-order valence-electron chi connectivity index (χ2n) is 2.66. The van der Waals surface area contributed by atoms with E-state index in [0.29, 0.717) is 18.8 Å². The molecule has 0 aromatic carbocycles. The lowest BCUT2D eigenvalue weighted by Gasteiger charge is -2.04. The van der Waals surface area contributed by atoms with Crippen LogP contribution in [0.3, 0.4) is 0 Å². The van der Waals surface area contributed by atoms with Crippen LogP contribution in [0.2, 0.25) is 0 Å². The maximum absolute atomic E-state index is 11.0. The molecule has 0 rings (SSSR count). The van der Waals surface area contributed by atoms with E-state index in [-0.39, 0.29) is 12.5 Å². The summed E-state index contributed by atoms with van der Waals surface area (Å²) in [4.78, 5) is 21.2. The zero-order valence-electron chi connectivity index (χ0n) is 7.92. The first-order valence-corrected chi connectivity index (χ1v) is 4.95. The fourth-order valence-electron chi connectivity index (χ4n) is 0.811. The molecule has 0 fully saturated rings. The van der Waals surface area contributed by atoms with Crippen LogP contribution in [0.5, 0.6) is 0 Å². The first-order valence-electron chi connectivity index (χ1n) is 4.41. The predicted octanol–water partition coefficient (Wildman–Crippen LogP) is 0.607. The van der Waals surface area contributed by atoms with E-state index < -0.39 is 6.09 Å². The first-order chi connectivity index (χ1) is 6.66. The number of carbonyl (C=O) groups is 2. The summed E-state index contributed by atoms with van der Waals surface area (Å²) in [6, 6.07) is 0. The van der Waals surface area contributed by atoms with Crippen LogP contribution >= 0.6 is 11.6 Å². The monoisotopic (exact) mass is 222 g/mol. The van der Waals surface area contributed by atoms with E-state index in [9.17, 15) is 9.59 Å². The van der Waals surface area contributed by atoms with Crippen LogP contribution in [0.1, 0.15) is 19.3 Å². The fourth-order valence-corrected chi connectivity index (χ4v) is 0.999. The third kappa shape index (κ3) is 9.12. The topological polar surface area (TPSA) is 81.4 Å². The SMILES string of the molecule is NC(=O)OCCNC(=O)CCCCCl. The van der Waals surface area contributed by atoms with Crippen molar-refractivity contribution >= 4 is 23.6 Å². The molecule has 6 heteroatoms. The quantitative estimate of drug-likeness (QED) is 0.489. The van der Waals surface area contributed by atoms with E-state index in [4.69, 9.17) is 17.3 Å². The number of rotatable bonds is 7. The zero-order valence-corrected chi connectivity index (χ0v) is 8.68. The van der Waals surface area contributed by atoms with Gasteiger partial charge in [-0.2, -0.15) is 0 Å². The van der Waals surface area contributed by atoms with Crippen LogP contribution in [0.15, 0.2) is 0 Å². The van der Waals surface area contributed by atoms with Crippen molar-refractivity contribution in [3.63, 3.8) is 0 Å². The second kappa shape index (κ2) is 8.62. The van der Waals surface area contributed by atoms with Gasteiger partial charge in [0.2, 0.25) is 5.91 Å². The Labute approximate surface area is 87.9 Å². The molecule has 0 unspecified atom stereocenters. The van der Waals surface area contributed by atoms with Gasteiger partial charge in [-0.05, 0) is 12.8 Å². The summed E-state index contributed by atoms with van der Waals surface area (Å²) in [6.45, 7) is 0.402. The van der Waals surface area contributed by atoms with Crippen molar-refractivity contribution in [3.8, 4) is 0 Å². The Hall–Kier alpha value is -0.970. The highest BCUT2D eigenvalue weighted by atomic mass is 35.5. The number of nitrogens with one attached hydrogen (secondary N) is 1. The third-order valence-corrected chi connectivity index (χ3v) is 1.72. The van der Waals surface area contributed by atoms with Crippen LogP contribution in [-0.2, 0) is 9.53 Å². The Morgan fingerprint density at radius 1 is 1.36 bits per heavy atom. The van der Waals surface area contributed by atoms with Crippen molar-refractivity contribution in [3.05, 3.63) is 0 Å². The standard InChI is InChI=1S/C8H15ClN2O3/c9-4-2-1-3-7(12)11-5-6-14-8(10)13/h1-6H2,(H2,10,13)(H,11,12). The van der Waals surface area contributed by atoms with E-state index in [0.717, 1.165) is 12.8 Å². The largest absolute Gasteiger partial charge is 0.448 e. The van der Waals surface area contributed by atoms with Gasteiger partial charge in [-0.25, -0.2) is 4.79 Å². The molecule has 0 bridgehead atoms. The summed E-state index contributed by atoms with van der Waals surface area (Å²) in [5.74, 6) is 0.501. The Morgan fingerprint density at radius 2 is 2.07 bits per heavy atom. The molecule has 0 spiro atoms. The van der Waals surface area contributed by atoms with E-state index in [2.05, 4.69) is 10.1 Å². The van der Waals surface area contributed by atoms with Gasteiger partial charge >= 0.3 is 6.09 Å². The lowest BCUT2D eigenvalue weighted by molar-refractivity contribution is -0.121. The van der Waals surface area contributed by atoms with E-state index in [1.54, 1.807) is 0 Å². The molecule has 0 aromatic heterocycles. The van der Waals surface area contributed by atoms with E-state index in [1.807, 2.05) is 0 Å². The van der Waals surface area contributed by atoms with E-state index >= 15 is 0 Å². The van der Waals surface area contributed by atoms with Crippen molar-refractivity contribution in [1.29, 1.82) is 0 Å². The molecule has 0 aliphatic carbocycles. The van der Waals surface area contributed by atoms with Crippen LogP contribution in [0.25, 0.3) is 0 Å². The van der Waals surface area contributed by atoms with Gasteiger partial charge in [0.05, 0.1) is 6.54 Å². The van der Waals surface area contributed by atoms with Crippen LogP contribution in [0.4, 0.5) is 4.79 Å². The molecule has 0 radical (unpaired) electrons. The molecule has 2 amide bonds. The van der Waals surface area contributed by atoms with Crippen molar-refractivity contribution in [2.45, 2.75) is 19.3 Å². The number of hydrogen-bond acceptors (Lipinski definition) is 3. The predicted molar refractivity (Wildman–Crippen MR) is 53.1 cm³/mol. The van der Waals surface area contributed by atoms with Gasteiger partial charge in [-0.1, -0.05) is 0 Å². The normalized spacial score (nSPS) is 9.50. The minimum absolute atomic E-state index is 0.0665. The van der Waals surface area contributed by atoms with Gasteiger partial charge in [-0.3, -0.25) is 4.79 Å². The Kier molecular flexibility index (Phi) is 8.02. The first kappa shape index (κ1) is 13.0. The maximum Gasteiger partial charge on any atom is 0.404 e. The van der Waals surface area contributed by atoms with Crippen molar-refractivity contribution < 1.29 is 14.3 Å². The second-order valence-corrected chi connectivity index (χ2v) is 3.04. The minimum Gasteiger partial charge on any atom is -0.448 e. The number of ether oxygens (including phenoxy) is 1. The average Bonchev–Trinajstić information content (AvgIpc) is 2.13. The number of alkyl halides is 1. The molecule has 0 aliphatic heterocycles. The highest BCUT2D eigenvalue weighted by molar-refractivity contribution is 6.17. The zero-order chi connectivity index (χ0) is 10.8. The molecule has 3 N–H and O–H groups in total. The van der Waals surface area contributed by atoms with Crippen LogP contribution < -0.4 is 11.1 Å². The lowest BCUT2D eigenvalue weighted by atomic mass is 10.2. The summed E-state index contributed by atoms with van der Waals surface area (Å²) < 4.78 is 4.42. The van der Waals surface area contributed by atoms with Gasteiger partial charge in [0, 0.05) is 12.3 Å². The minimum atomic E-state index is -0.832. The molecule has 0 aromatic rings. The Balaban J connectivity index is 3.22. The number of unbranched alkanes of at least 4 members (excludes halogenated alkanes) is 1. The summed E-state index contributed by atoms with van der Waals surface area (Å²) in [7, 11) is 0. The third-order valence-electron chi connectivity index (χ3n) is 1.46. The molecule has 0 saturated carbocycles. The van der Waals surface area contributed by atoms with Crippen LogP contribution in [0, 0.1) is 0 Å². The molecule has 14 heavy (non-hydrogen) atoms. The van der Waals surface area contributed by atoms with Crippen LogP contribution in [-0.4, -0.2) is 31.0 Å². The fraction of sp³-hybridized carbons (Fsp3) is 0.750. The van der Waals surface area contributed by atoms with Crippen molar-refractivity contribution in [2.75, 3.05) is 19.0 Å². The molecule has 0 heterocycles. The Bertz CT molecular complexity index is 187. The van der Waals surface area contributed by atoms with E-state index in [1.165, 1.54) is 0 Å².